The SMILES string of the molecule is C[C@H](CCN(C)CCN(C)C)c1ccccc1. The molecular weight excluding hydrogens is 208 g/mol. The van der Waals surface area contributed by atoms with Crippen LogP contribution in [0.5, 0.6) is 0 Å². The van der Waals surface area contributed by atoms with Crippen LogP contribution < -0.4 is 0 Å². The number of nitrogens with zero attached hydrogens (tertiary/aromatic N) is 2. The van der Waals surface area contributed by atoms with Gasteiger partial charge in [-0.05, 0) is 45.6 Å². The van der Waals surface area contributed by atoms with Gasteiger partial charge in [-0.15, -0.1) is 0 Å². The number of likely N-dealkylation sites (N-methyl/N-ethyl adjacent to an activating group) is 2. The highest BCUT2D eigenvalue weighted by Gasteiger charge is 2.06. The van der Waals surface area contributed by atoms with Crippen LogP contribution in [-0.2, 0) is 0 Å². The smallest absolute Gasteiger partial charge is 0.0106 e. The minimum atomic E-state index is 0.651. The molecule has 17 heavy (non-hydrogen) atoms. The zero-order chi connectivity index (χ0) is 12.7. The molecule has 96 valence electrons. The second-order valence-corrected chi connectivity index (χ2v) is 5.21. The summed E-state index contributed by atoms with van der Waals surface area (Å²) in [5.41, 5.74) is 1.45. The molecule has 0 spiro atoms. The van der Waals surface area contributed by atoms with Crippen LogP contribution in [0.2, 0.25) is 0 Å². The van der Waals surface area contributed by atoms with Gasteiger partial charge < -0.3 is 9.80 Å². The summed E-state index contributed by atoms with van der Waals surface area (Å²) in [7, 11) is 6.46. The number of hydrogen-bond acceptors (Lipinski definition) is 2. The summed E-state index contributed by atoms with van der Waals surface area (Å²) in [6, 6.07) is 10.8. The van der Waals surface area contributed by atoms with E-state index in [1.165, 1.54) is 18.5 Å². The van der Waals surface area contributed by atoms with Crippen molar-refractivity contribution in [3.8, 4) is 0 Å². The molecule has 2 heteroatoms. The summed E-state index contributed by atoms with van der Waals surface area (Å²) in [5, 5.41) is 0. The van der Waals surface area contributed by atoms with E-state index in [0.29, 0.717) is 5.92 Å². The van der Waals surface area contributed by atoms with E-state index >= 15 is 0 Å². The van der Waals surface area contributed by atoms with Crippen molar-refractivity contribution in [1.29, 1.82) is 0 Å². The van der Waals surface area contributed by atoms with Crippen LogP contribution in [-0.4, -0.2) is 50.6 Å². The Kier molecular flexibility index (Phi) is 6.23. The van der Waals surface area contributed by atoms with Crippen LogP contribution in [0.1, 0.15) is 24.8 Å². The third-order valence-electron chi connectivity index (χ3n) is 3.24. The first-order valence-electron chi connectivity index (χ1n) is 6.48. The highest BCUT2D eigenvalue weighted by molar-refractivity contribution is 5.18. The molecule has 0 amide bonds. The van der Waals surface area contributed by atoms with E-state index in [1.54, 1.807) is 0 Å². The molecule has 1 atom stereocenters. The molecule has 0 unspecified atom stereocenters. The van der Waals surface area contributed by atoms with Crippen LogP contribution in [0.25, 0.3) is 0 Å². The first kappa shape index (κ1) is 14.2. The Hall–Kier alpha value is -0.860. The Labute approximate surface area is 106 Å². The van der Waals surface area contributed by atoms with Crippen molar-refractivity contribution in [2.24, 2.45) is 0 Å². The van der Waals surface area contributed by atoms with E-state index in [0.717, 1.165) is 13.1 Å². The molecule has 0 N–H and O–H groups in total. The lowest BCUT2D eigenvalue weighted by Gasteiger charge is -2.21. The maximum absolute atomic E-state index is 2.42. The minimum absolute atomic E-state index is 0.651. The van der Waals surface area contributed by atoms with Gasteiger partial charge in [-0.2, -0.15) is 0 Å². The van der Waals surface area contributed by atoms with Crippen LogP contribution in [0.4, 0.5) is 0 Å². The number of rotatable bonds is 7. The Morgan fingerprint density at radius 3 is 2.18 bits per heavy atom. The van der Waals surface area contributed by atoms with E-state index in [9.17, 15) is 0 Å². The molecule has 0 heterocycles. The topological polar surface area (TPSA) is 6.48 Å². The molecule has 0 fully saturated rings. The summed E-state index contributed by atoms with van der Waals surface area (Å²) in [6.07, 6.45) is 1.23. The highest BCUT2D eigenvalue weighted by atomic mass is 15.1. The van der Waals surface area contributed by atoms with Gasteiger partial charge in [0.05, 0.1) is 0 Å². The van der Waals surface area contributed by atoms with Gasteiger partial charge in [-0.3, -0.25) is 0 Å². The molecule has 0 aliphatic heterocycles. The second-order valence-electron chi connectivity index (χ2n) is 5.21. The van der Waals surface area contributed by atoms with Crippen molar-refractivity contribution in [2.45, 2.75) is 19.3 Å². The van der Waals surface area contributed by atoms with Gasteiger partial charge in [0.15, 0.2) is 0 Å². The number of hydrogen-bond donors (Lipinski definition) is 0. The van der Waals surface area contributed by atoms with Crippen LogP contribution in [0.3, 0.4) is 0 Å². The quantitative estimate of drug-likeness (QED) is 0.715. The van der Waals surface area contributed by atoms with E-state index < -0.39 is 0 Å². The lowest BCUT2D eigenvalue weighted by molar-refractivity contribution is 0.275. The fourth-order valence-corrected chi connectivity index (χ4v) is 1.84. The predicted octanol–water partition coefficient (Wildman–Crippen LogP) is 2.67. The maximum atomic E-state index is 2.42. The minimum Gasteiger partial charge on any atom is -0.308 e. The average molecular weight is 234 g/mol. The van der Waals surface area contributed by atoms with E-state index in [1.807, 2.05) is 0 Å². The standard InChI is InChI=1S/C15H26N2/c1-14(15-8-6-5-7-9-15)10-11-17(4)13-12-16(2)3/h5-9,14H,10-13H2,1-4H3/t14-/m1/s1. The molecule has 2 nitrogen and oxygen atoms in total. The molecule has 0 aliphatic carbocycles. The van der Waals surface area contributed by atoms with Crippen LogP contribution in [0.15, 0.2) is 30.3 Å². The van der Waals surface area contributed by atoms with Gasteiger partial charge in [0.25, 0.3) is 0 Å². The second kappa shape index (κ2) is 7.46. The van der Waals surface area contributed by atoms with Gasteiger partial charge in [0.1, 0.15) is 0 Å². The Morgan fingerprint density at radius 1 is 0.941 bits per heavy atom. The fraction of sp³-hybridized carbons (Fsp3) is 0.600. The zero-order valence-electron chi connectivity index (χ0n) is 11.7. The summed E-state index contributed by atoms with van der Waals surface area (Å²) < 4.78 is 0. The normalized spacial score (nSPS) is 13.3. The monoisotopic (exact) mass is 234 g/mol. The number of benzene rings is 1. The first-order chi connectivity index (χ1) is 8.09. The van der Waals surface area contributed by atoms with Crippen molar-refractivity contribution >= 4 is 0 Å². The molecule has 0 saturated heterocycles. The van der Waals surface area contributed by atoms with E-state index in [2.05, 4.69) is 68.2 Å². The summed E-state index contributed by atoms with van der Waals surface area (Å²) in [4.78, 5) is 4.65. The molecular formula is C15H26N2. The Balaban J connectivity index is 2.26. The van der Waals surface area contributed by atoms with Gasteiger partial charge in [0.2, 0.25) is 0 Å². The largest absolute Gasteiger partial charge is 0.308 e. The van der Waals surface area contributed by atoms with Crippen molar-refractivity contribution < 1.29 is 0 Å². The van der Waals surface area contributed by atoms with Gasteiger partial charge in [0, 0.05) is 13.1 Å². The highest BCUT2D eigenvalue weighted by Crippen LogP contribution is 2.18. The predicted molar refractivity (Wildman–Crippen MR) is 75.5 cm³/mol. The maximum Gasteiger partial charge on any atom is 0.0106 e. The van der Waals surface area contributed by atoms with Crippen LogP contribution >= 0.6 is 0 Å². The first-order valence-corrected chi connectivity index (χ1v) is 6.48. The molecule has 0 saturated carbocycles. The third kappa shape index (κ3) is 5.85. The molecule has 0 aromatic heterocycles. The third-order valence-corrected chi connectivity index (χ3v) is 3.24. The molecule has 1 aromatic rings. The van der Waals surface area contributed by atoms with Crippen LogP contribution in [0, 0.1) is 0 Å². The summed E-state index contributed by atoms with van der Waals surface area (Å²) in [5.74, 6) is 0.651. The van der Waals surface area contributed by atoms with Crippen molar-refractivity contribution in [1.82, 2.24) is 9.80 Å². The Bertz CT molecular complexity index is 295. The molecule has 0 bridgehead atoms. The van der Waals surface area contributed by atoms with Crippen molar-refractivity contribution in [3.05, 3.63) is 35.9 Å². The van der Waals surface area contributed by atoms with E-state index in [4.69, 9.17) is 0 Å². The van der Waals surface area contributed by atoms with Gasteiger partial charge in [-0.1, -0.05) is 37.3 Å². The van der Waals surface area contributed by atoms with Crippen molar-refractivity contribution in [2.75, 3.05) is 40.8 Å². The molecule has 0 aliphatic rings. The summed E-state index contributed by atoms with van der Waals surface area (Å²) >= 11 is 0. The average Bonchev–Trinajstić information content (AvgIpc) is 2.34. The lowest BCUT2D eigenvalue weighted by Crippen LogP contribution is -2.29. The summed E-state index contributed by atoms with van der Waals surface area (Å²) in [6.45, 7) is 5.77. The van der Waals surface area contributed by atoms with Crippen molar-refractivity contribution in [3.63, 3.8) is 0 Å². The van der Waals surface area contributed by atoms with E-state index in [-0.39, 0.29) is 0 Å². The van der Waals surface area contributed by atoms with Gasteiger partial charge in [-0.25, -0.2) is 0 Å². The lowest BCUT2D eigenvalue weighted by atomic mass is 9.98. The fourth-order valence-electron chi connectivity index (χ4n) is 1.84. The molecule has 0 radical (unpaired) electrons. The Morgan fingerprint density at radius 2 is 1.59 bits per heavy atom. The molecule has 1 aromatic carbocycles. The van der Waals surface area contributed by atoms with Gasteiger partial charge >= 0.3 is 0 Å². The zero-order valence-corrected chi connectivity index (χ0v) is 11.7. The molecule has 1 rings (SSSR count).